The van der Waals surface area contributed by atoms with Crippen molar-refractivity contribution in [3.63, 3.8) is 0 Å². The van der Waals surface area contributed by atoms with E-state index in [9.17, 15) is 32.7 Å². The van der Waals surface area contributed by atoms with Gasteiger partial charge in [-0.15, -0.1) is 0 Å². The second-order valence-electron chi connectivity index (χ2n) is 15.1. The highest BCUT2D eigenvalue weighted by molar-refractivity contribution is 5.93. The molecule has 2 fully saturated rings. The molecule has 0 spiro atoms. The van der Waals surface area contributed by atoms with Crippen molar-refractivity contribution in [2.45, 2.75) is 68.6 Å². The molecular weight excluding hydrogens is 810 g/mol. The average Bonchev–Trinajstić information content (AvgIpc) is 4.09. The van der Waals surface area contributed by atoms with Gasteiger partial charge in [0.05, 0.1) is 18.4 Å². The van der Waals surface area contributed by atoms with E-state index in [0.29, 0.717) is 36.7 Å². The van der Waals surface area contributed by atoms with Crippen LogP contribution in [-0.4, -0.2) is 97.8 Å². The highest BCUT2D eigenvalue weighted by atomic mass is 19.4. The number of aliphatic hydroxyl groups is 1. The second-order valence-corrected chi connectivity index (χ2v) is 15.1. The van der Waals surface area contributed by atoms with Crippen LogP contribution in [0.5, 0.6) is 0 Å². The molecule has 4 heterocycles. The van der Waals surface area contributed by atoms with E-state index >= 15 is 0 Å². The first-order valence-electron chi connectivity index (χ1n) is 20.1. The lowest BCUT2D eigenvalue weighted by Crippen LogP contribution is -2.45. The summed E-state index contributed by atoms with van der Waals surface area (Å²) in [5.74, 6) is -2.53. The van der Waals surface area contributed by atoms with Crippen LogP contribution in [0.4, 0.5) is 35.4 Å². The molecule has 0 bridgehead atoms. The van der Waals surface area contributed by atoms with E-state index in [1.54, 1.807) is 6.92 Å². The van der Waals surface area contributed by atoms with Crippen LogP contribution in [0.2, 0.25) is 0 Å². The van der Waals surface area contributed by atoms with E-state index in [-0.39, 0.29) is 48.5 Å². The Hall–Kier alpha value is -7.02. The molecule has 3 aromatic carbocycles. The zero-order valence-corrected chi connectivity index (χ0v) is 33.3. The Morgan fingerprint density at radius 1 is 0.952 bits per heavy atom. The molecule has 1 aliphatic carbocycles. The average molecular weight is 853 g/mol. The van der Waals surface area contributed by atoms with Gasteiger partial charge < -0.3 is 45.1 Å². The van der Waals surface area contributed by atoms with Gasteiger partial charge >= 0.3 is 18.2 Å². The van der Waals surface area contributed by atoms with Crippen LogP contribution < -0.4 is 26.2 Å². The lowest BCUT2D eigenvalue weighted by molar-refractivity contribution is -0.209. The molecule has 322 valence electrons. The smallest absolute Gasteiger partial charge is 0.451 e. The number of carbonyl (C=O) groups excluding carboxylic acids is 3. The van der Waals surface area contributed by atoms with Crippen molar-refractivity contribution in [2.24, 2.45) is 0 Å². The van der Waals surface area contributed by atoms with Crippen molar-refractivity contribution in [2.75, 3.05) is 35.2 Å². The topological polar surface area (TPSA) is 202 Å². The molecule has 1 saturated carbocycles. The van der Waals surface area contributed by atoms with Gasteiger partial charge in [-0.2, -0.15) is 23.1 Å². The largest absolute Gasteiger partial charge is 0.490 e. The fourth-order valence-corrected chi connectivity index (χ4v) is 8.00. The maximum atomic E-state index is 13.6. The Morgan fingerprint density at radius 2 is 1.63 bits per heavy atom. The summed E-state index contributed by atoms with van der Waals surface area (Å²) in [5.41, 5.74) is 4.13. The van der Waals surface area contributed by atoms with Crippen LogP contribution >= 0.6 is 0 Å². The van der Waals surface area contributed by atoms with Crippen molar-refractivity contribution in [3.8, 4) is 11.3 Å². The lowest BCUT2D eigenvalue weighted by Gasteiger charge is -2.25. The van der Waals surface area contributed by atoms with Crippen LogP contribution in [0.3, 0.4) is 0 Å². The molecular formula is C43H43F3N10O6. The number of halogens is 3. The lowest BCUT2D eigenvalue weighted by atomic mass is 9.91. The van der Waals surface area contributed by atoms with E-state index in [2.05, 4.69) is 31.4 Å². The number of ether oxygens (including phenoxy) is 1. The van der Waals surface area contributed by atoms with Crippen LogP contribution in [0, 0.1) is 0 Å². The van der Waals surface area contributed by atoms with E-state index in [1.807, 2.05) is 95.9 Å². The number of amides is 3. The fourth-order valence-electron chi connectivity index (χ4n) is 8.00. The summed E-state index contributed by atoms with van der Waals surface area (Å²) >= 11 is 0. The summed E-state index contributed by atoms with van der Waals surface area (Å²) in [7, 11) is 0. The molecule has 6 aromatic rings. The number of nitrogens with one attached hydrogen (secondary N) is 4. The summed E-state index contributed by atoms with van der Waals surface area (Å²) in [6.45, 7) is 2.65. The van der Waals surface area contributed by atoms with Gasteiger partial charge in [0, 0.05) is 43.6 Å². The van der Waals surface area contributed by atoms with Crippen molar-refractivity contribution in [1.29, 1.82) is 0 Å². The van der Waals surface area contributed by atoms with Gasteiger partial charge in [-0.3, -0.25) is 4.79 Å². The number of esters is 1. The second kappa shape index (κ2) is 17.9. The third kappa shape index (κ3) is 9.02. The van der Waals surface area contributed by atoms with E-state index < -0.39 is 48.4 Å². The van der Waals surface area contributed by atoms with Gasteiger partial charge in [-0.25, -0.2) is 14.6 Å². The van der Waals surface area contributed by atoms with Gasteiger partial charge in [-0.1, -0.05) is 103 Å². The summed E-state index contributed by atoms with van der Waals surface area (Å²) < 4.78 is 52.2. The monoisotopic (exact) mass is 852 g/mol. The molecule has 1 aliphatic heterocycles. The summed E-state index contributed by atoms with van der Waals surface area (Å²) in [6.07, 6.45) is -5.60. The molecule has 3 amide bonds. The molecule has 8 rings (SSSR count). The normalized spacial score (nSPS) is 20.0. The molecule has 19 heteroatoms. The fraction of sp³-hybridized carbons (Fsp3) is 0.326. The standard InChI is InChI=1S/C43H43F3N10O6/c1-2-33(57)50-30-20-32(37(36(30)58)62-40(59)43(44,45)46)56-24-48-35-38(47-21-29(25-12-6-3-7-13-25)26-14-8-4-9-15-26)52-41(53-39(35)56)55-19-18-28(22-55)49-42(60)51-31-23-61-54-34(31)27-16-10-5-11-17-27/h3-17,23-24,28-30,32,36-37,58H,2,18-22H2,1H3,(H,50,57)(H,47,52,53)(H2,49,51,60)/t28-,30+,32-,36-,37+/m1/s1. The van der Waals surface area contributed by atoms with E-state index in [0.717, 1.165) is 16.7 Å². The Labute approximate surface area is 352 Å². The number of aliphatic hydroxyl groups excluding tert-OH is 1. The summed E-state index contributed by atoms with van der Waals surface area (Å²) in [4.78, 5) is 54.2. The van der Waals surface area contributed by atoms with Crippen molar-refractivity contribution in [3.05, 3.63) is 115 Å². The molecule has 1 saturated heterocycles. The molecule has 0 radical (unpaired) electrons. The predicted octanol–water partition coefficient (Wildman–Crippen LogP) is 5.80. The number of aromatic nitrogens is 5. The Bertz CT molecular complexity index is 2470. The summed E-state index contributed by atoms with van der Waals surface area (Å²) in [5, 5.41) is 27.2. The third-order valence-corrected chi connectivity index (χ3v) is 11.1. The maximum absolute atomic E-state index is 13.6. The number of benzene rings is 3. The third-order valence-electron chi connectivity index (χ3n) is 11.1. The van der Waals surface area contributed by atoms with Crippen molar-refractivity contribution < 1.29 is 41.9 Å². The Balaban J connectivity index is 1.11. The Kier molecular flexibility index (Phi) is 12.0. The number of hydrogen-bond donors (Lipinski definition) is 5. The van der Waals surface area contributed by atoms with Gasteiger partial charge in [0.25, 0.3) is 0 Å². The van der Waals surface area contributed by atoms with Crippen molar-refractivity contribution in [1.82, 2.24) is 35.3 Å². The first kappa shape index (κ1) is 41.7. The molecule has 2 aliphatic rings. The number of alkyl halides is 3. The zero-order valence-electron chi connectivity index (χ0n) is 33.3. The number of anilines is 3. The van der Waals surface area contributed by atoms with Crippen LogP contribution in [0.1, 0.15) is 49.3 Å². The maximum Gasteiger partial charge on any atom is 0.490 e. The SMILES string of the molecule is CCC(=O)N[C@H]1C[C@@H](n2cnc3c(NCC(c4ccccc4)c4ccccc4)nc(N4CC[C@@H](NC(=O)Nc5conc5-c5ccccc5)C4)nc32)[C@H](OC(=O)C(F)(F)F)[C@@H]1O. The van der Waals surface area contributed by atoms with Crippen LogP contribution in [0.25, 0.3) is 22.4 Å². The highest BCUT2D eigenvalue weighted by Crippen LogP contribution is 2.38. The number of rotatable bonds is 13. The molecule has 62 heavy (non-hydrogen) atoms. The van der Waals surface area contributed by atoms with Gasteiger partial charge in [0.2, 0.25) is 11.9 Å². The molecule has 0 unspecified atom stereocenters. The van der Waals surface area contributed by atoms with Gasteiger partial charge in [-0.05, 0) is 24.0 Å². The highest BCUT2D eigenvalue weighted by Gasteiger charge is 2.51. The van der Waals surface area contributed by atoms with Gasteiger partial charge in [0.15, 0.2) is 23.1 Å². The van der Waals surface area contributed by atoms with Gasteiger partial charge in [0.1, 0.15) is 23.7 Å². The first-order chi connectivity index (χ1) is 30.0. The molecule has 3 aromatic heterocycles. The number of nitrogens with zero attached hydrogens (tertiary/aromatic N) is 6. The minimum absolute atomic E-state index is 0.0517. The predicted molar refractivity (Wildman–Crippen MR) is 221 cm³/mol. The Morgan fingerprint density at radius 3 is 2.29 bits per heavy atom. The molecule has 5 atom stereocenters. The minimum atomic E-state index is -5.34. The quantitative estimate of drug-likeness (QED) is 0.0876. The molecule has 5 N–H and O–H groups in total. The number of fused-ring (bicyclic) bond motifs is 1. The zero-order chi connectivity index (χ0) is 43.4. The minimum Gasteiger partial charge on any atom is -0.451 e. The number of carbonyl (C=O) groups is 3. The van der Waals surface area contributed by atoms with E-state index in [4.69, 9.17) is 19.2 Å². The van der Waals surface area contributed by atoms with Crippen LogP contribution in [-0.2, 0) is 14.3 Å². The number of hydrogen-bond acceptors (Lipinski definition) is 12. The van der Waals surface area contributed by atoms with Crippen LogP contribution in [0.15, 0.2) is 108 Å². The first-order valence-corrected chi connectivity index (χ1v) is 20.1. The number of urea groups is 1. The number of imidazole rings is 1. The molecule has 16 nitrogen and oxygen atoms in total. The van der Waals surface area contributed by atoms with Crippen molar-refractivity contribution >= 4 is 46.5 Å². The van der Waals surface area contributed by atoms with E-state index in [1.165, 1.54) is 17.2 Å². The summed E-state index contributed by atoms with van der Waals surface area (Å²) in [6, 6.07) is 26.0.